The van der Waals surface area contributed by atoms with Gasteiger partial charge in [-0.15, -0.1) is 0 Å². The predicted octanol–water partition coefficient (Wildman–Crippen LogP) is 4.62. The third kappa shape index (κ3) is 3.83. The van der Waals surface area contributed by atoms with Crippen LogP contribution in [0.15, 0.2) is 58.0 Å². The summed E-state index contributed by atoms with van der Waals surface area (Å²) in [5.41, 5.74) is 1.85. The van der Waals surface area contributed by atoms with E-state index in [2.05, 4.69) is 26.2 Å². The van der Waals surface area contributed by atoms with Gasteiger partial charge in [0.2, 0.25) is 0 Å². The number of methoxy groups -OCH3 is 1. The van der Waals surface area contributed by atoms with E-state index in [-0.39, 0.29) is 0 Å². The Morgan fingerprint density at radius 1 is 1.16 bits per heavy atom. The van der Waals surface area contributed by atoms with Gasteiger partial charge in [-0.1, -0.05) is 18.2 Å². The molecular weight excluding hydrogens is 304 g/mol. The Balaban J connectivity index is 2.20. The molecule has 0 aliphatic carbocycles. The number of hydrogen-bond donors (Lipinski definition) is 1. The Hall–Kier alpha value is -1.81. The number of para-hydroxylation sites is 1. The van der Waals surface area contributed by atoms with Crippen LogP contribution >= 0.6 is 15.9 Å². The summed E-state index contributed by atoms with van der Waals surface area (Å²) in [6.07, 6.45) is 0. The van der Waals surface area contributed by atoms with Gasteiger partial charge in [-0.05, 0) is 47.1 Å². The minimum absolute atomic E-state index is 0.787. The minimum atomic E-state index is 0.787. The molecule has 0 fully saturated rings. The van der Waals surface area contributed by atoms with Crippen molar-refractivity contribution < 1.29 is 4.74 Å². The molecule has 2 rings (SSSR count). The molecule has 0 radical (unpaired) electrons. The van der Waals surface area contributed by atoms with Crippen LogP contribution in [0.5, 0.6) is 5.75 Å². The van der Waals surface area contributed by atoms with E-state index in [4.69, 9.17) is 4.74 Å². The van der Waals surface area contributed by atoms with Crippen molar-refractivity contribution in [2.24, 2.45) is 4.99 Å². The molecule has 19 heavy (non-hydrogen) atoms. The highest BCUT2D eigenvalue weighted by atomic mass is 79.9. The van der Waals surface area contributed by atoms with Gasteiger partial charge in [-0.25, -0.2) is 4.99 Å². The number of anilines is 1. The monoisotopic (exact) mass is 318 g/mol. The second kappa shape index (κ2) is 6.38. The summed E-state index contributed by atoms with van der Waals surface area (Å²) in [5, 5.41) is 3.24. The standard InChI is InChI=1S/C15H15BrN2O/c1-11(17-12-6-4-3-5-7-12)18-15-10-13(19-2)8-9-14(15)16/h3-10H,1-2H3,(H,17,18). The van der Waals surface area contributed by atoms with E-state index >= 15 is 0 Å². The van der Waals surface area contributed by atoms with Crippen LogP contribution in [0.3, 0.4) is 0 Å². The number of rotatable bonds is 3. The molecule has 0 aliphatic heterocycles. The van der Waals surface area contributed by atoms with Crippen LogP contribution in [-0.4, -0.2) is 12.9 Å². The summed E-state index contributed by atoms with van der Waals surface area (Å²) < 4.78 is 6.13. The molecule has 98 valence electrons. The Morgan fingerprint density at radius 2 is 1.89 bits per heavy atom. The molecule has 2 aromatic rings. The lowest BCUT2D eigenvalue weighted by Gasteiger charge is -2.07. The average molecular weight is 319 g/mol. The lowest BCUT2D eigenvalue weighted by atomic mass is 10.3. The van der Waals surface area contributed by atoms with Crippen molar-refractivity contribution in [3.63, 3.8) is 0 Å². The number of halogens is 1. The quantitative estimate of drug-likeness (QED) is 0.661. The first-order chi connectivity index (χ1) is 9.19. The fourth-order valence-electron chi connectivity index (χ4n) is 1.64. The summed E-state index contributed by atoms with van der Waals surface area (Å²) in [5.74, 6) is 1.61. The predicted molar refractivity (Wildman–Crippen MR) is 83.5 cm³/mol. The van der Waals surface area contributed by atoms with E-state index in [1.807, 2.05) is 55.5 Å². The zero-order valence-electron chi connectivity index (χ0n) is 10.9. The zero-order chi connectivity index (χ0) is 13.7. The first kappa shape index (κ1) is 13.6. The molecule has 0 atom stereocenters. The number of aliphatic imine (C=N–C) groups is 1. The largest absolute Gasteiger partial charge is 0.497 e. The molecule has 1 N–H and O–H groups in total. The lowest BCUT2D eigenvalue weighted by Crippen LogP contribution is -2.06. The average Bonchev–Trinajstić information content (AvgIpc) is 2.42. The van der Waals surface area contributed by atoms with E-state index in [0.29, 0.717) is 0 Å². The van der Waals surface area contributed by atoms with Crippen LogP contribution in [0.25, 0.3) is 0 Å². The van der Waals surface area contributed by atoms with Crippen LogP contribution < -0.4 is 10.1 Å². The van der Waals surface area contributed by atoms with Crippen molar-refractivity contribution in [1.82, 2.24) is 0 Å². The van der Waals surface area contributed by atoms with Gasteiger partial charge in [-0.3, -0.25) is 0 Å². The Kier molecular flexibility index (Phi) is 4.58. The zero-order valence-corrected chi connectivity index (χ0v) is 12.4. The number of ether oxygens (including phenoxy) is 1. The molecule has 3 nitrogen and oxygen atoms in total. The number of amidine groups is 1. The Morgan fingerprint density at radius 3 is 2.58 bits per heavy atom. The smallest absolute Gasteiger partial charge is 0.121 e. The SMILES string of the molecule is COc1ccc(Br)c(N=C(C)Nc2ccccc2)c1. The van der Waals surface area contributed by atoms with Crippen molar-refractivity contribution >= 4 is 33.1 Å². The summed E-state index contributed by atoms with van der Waals surface area (Å²) >= 11 is 3.48. The van der Waals surface area contributed by atoms with E-state index in [9.17, 15) is 0 Å². The van der Waals surface area contributed by atoms with Crippen molar-refractivity contribution in [3.8, 4) is 5.75 Å². The Bertz CT molecular complexity index is 582. The number of hydrogen-bond acceptors (Lipinski definition) is 2. The van der Waals surface area contributed by atoms with Gasteiger partial charge >= 0.3 is 0 Å². The first-order valence-corrected chi connectivity index (χ1v) is 6.69. The van der Waals surface area contributed by atoms with Gasteiger partial charge in [0, 0.05) is 16.2 Å². The third-order valence-electron chi connectivity index (χ3n) is 2.54. The van der Waals surface area contributed by atoms with Crippen LogP contribution in [0.1, 0.15) is 6.92 Å². The van der Waals surface area contributed by atoms with Crippen LogP contribution in [0.4, 0.5) is 11.4 Å². The van der Waals surface area contributed by atoms with E-state index in [1.165, 1.54) is 0 Å². The molecule has 0 amide bonds. The normalized spacial score (nSPS) is 11.2. The maximum Gasteiger partial charge on any atom is 0.121 e. The molecular formula is C15H15BrN2O. The molecule has 0 unspecified atom stereocenters. The fraction of sp³-hybridized carbons (Fsp3) is 0.133. The first-order valence-electron chi connectivity index (χ1n) is 5.90. The van der Waals surface area contributed by atoms with Gasteiger partial charge < -0.3 is 10.1 Å². The summed E-state index contributed by atoms with van der Waals surface area (Å²) in [6.45, 7) is 1.93. The molecule has 2 aromatic carbocycles. The molecule has 0 bridgehead atoms. The number of benzene rings is 2. The van der Waals surface area contributed by atoms with E-state index < -0.39 is 0 Å². The molecule has 4 heteroatoms. The van der Waals surface area contributed by atoms with Crippen LogP contribution in [0.2, 0.25) is 0 Å². The number of nitrogens with one attached hydrogen (secondary N) is 1. The van der Waals surface area contributed by atoms with E-state index in [0.717, 1.165) is 27.4 Å². The van der Waals surface area contributed by atoms with Gasteiger partial charge in [0.05, 0.1) is 12.8 Å². The lowest BCUT2D eigenvalue weighted by molar-refractivity contribution is 0.415. The maximum atomic E-state index is 5.20. The second-order valence-corrected chi connectivity index (χ2v) is 4.86. The summed E-state index contributed by atoms with van der Waals surface area (Å²) in [7, 11) is 1.64. The highest BCUT2D eigenvalue weighted by Crippen LogP contribution is 2.29. The number of nitrogens with zero attached hydrogens (tertiary/aromatic N) is 1. The second-order valence-electron chi connectivity index (χ2n) is 4.01. The Labute approximate surface area is 121 Å². The van der Waals surface area contributed by atoms with E-state index in [1.54, 1.807) is 7.11 Å². The van der Waals surface area contributed by atoms with Crippen molar-refractivity contribution in [1.29, 1.82) is 0 Å². The minimum Gasteiger partial charge on any atom is -0.497 e. The van der Waals surface area contributed by atoms with Crippen molar-refractivity contribution in [2.45, 2.75) is 6.92 Å². The molecule has 0 aliphatic rings. The van der Waals surface area contributed by atoms with Gasteiger partial charge in [0.25, 0.3) is 0 Å². The van der Waals surface area contributed by atoms with Crippen LogP contribution in [-0.2, 0) is 0 Å². The highest BCUT2D eigenvalue weighted by Gasteiger charge is 2.02. The molecule has 0 heterocycles. The third-order valence-corrected chi connectivity index (χ3v) is 3.21. The summed E-state index contributed by atoms with van der Waals surface area (Å²) in [6, 6.07) is 15.7. The van der Waals surface area contributed by atoms with Crippen molar-refractivity contribution in [2.75, 3.05) is 12.4 Å². The van der Waals surface area contributed by atoms with Crippen molar-refractivity contribution in [3.05, 3.63) is 53.0 Å². The molecule has 0 aromatic heterocycles. The summed E-state index contributed by atoms with van der Waals surface area (Å²) in [4.78, 5) is 4.54. The van der Waals surface area contributed by atoms with Gasteiger partial charge in [0.1, 0.15) is 11.6 Å². The maximum absolute atomic E-state index is 5.20. The molecule has 0 saturated heterocycles. The van der Waals surface area contributed by atoms with Gasteiger partial charge in [0.15, 0.2) is 0 Å². The van der Waals surface area contributed by atoms with Crippen LogP contribution in [0, 0.1) is 0 Å². The molecule has 0 saturated carbocycles. The fourth-order valence-corrected chi connectivity index (χ4v) is 1.98. The topological polar surface area (TPSA) is 33.6 Å². The molecule has 0 spiro atoms. The van der Waals surface area contributed by atoms with Gasteiger partial charge in [-0.2, -0.15) is 0 Å². The highest BCUT2D eigenvalue weighted by molar-refractivity contribution is 9.10.